The first-order chi connectivity index (χ1) is 9.89. The van der Waals surface area contributed by atoms with Crippen LogP contribution in [-0.4, -0.2) is 19.6 Å². The molecule has 0 spiro atoms. The predicted molar refractivity (Wildman–Crippen MR) is 88.2 cm³/mol. The molecule has 1 aliphatic heterocycles. The van der Waals surface area contributed by atoms with Gasteiger partial charge in [-0.2, -0.15) is 0 Å². The number of nitrogens with zero attached hydrogens (tertiary/aromatic N) is 1. The van der Waals surface area contributed by atoms with Crippen molar-refractivity contribution >= 4 is 5.69 Å². The summed E-state index contributed by atoms with van der Waals surface area (Å²) in [6.45, 7) is 12.6. The third-order valence-electron chi connectivity index (χ3n) is 4.37. The molecular formula is C18H29FN2. The van der Waals surface area contributed by atoms with E-state index in [1.54, 1.807) is 6.07 Å². The summed E-state index contributed by atoms with van der Waals surface area (Å²) in [5.74, 6) is 0.524. The molecule has 0 atom stereocenters. The lowest BCUT2D eigenvalue weighted by Gasteiger charge is -2.39. The van der Waals surface area contributed by atoms with Crippen LogP contribution in [0, 0.1) is 17.2 Å². The highest BCUT2D eigenvalue weighted by molar-refractivity contribution is 5.55. The molecule has 2 rings (SSSR count). The van der Waals surface area contributed by atoms with Crippen molar-refractivity contribution in [2.75, 3.05) is 24.5 Å². The molecule has 0 amide bonds. The van der Waals surface area contributed by atoms with Gasteiger partial charge in [-0.25, -0.2) is 4.39 Å². The Balaban J connectivity index is 2.10. The predicted octanol–water partition coefficient (Wildman–Crippen LogP) is 4.20. The monoisotopic (exact) mass is 292 g/mol. The maximum atomic E-state index is 14.3. The fourth-order valence-electron chi connectivity index (χ4n) is 2.89. The first-order valence-corrected chi connectivity index (χ1v) is 8.12. The lowest BCUT2D eigenvalue weighted by atomic mass is 9.82. The lowest BCUT2D eigenvalue weighted by Crippen LogP contribution is -2.38. The molecule has 0 aliphatic carbocycles. The third kappa shape index (κ3) is 4.44. The summed E-state index contributed by atoms with van der Waals surface area (Å²) in [6, 6.07) is 5.45. The van der Waals surface area contributed by atoms with Crippen LogP contribution in [-0.2, 0) is 6.54 Å². The average molecular weight is 292 g/mol. The minimum absolute atomic E-state index is 0.0847. The molecule has 1 aliphatic rings. The second kappa shape index (κ2) is 6.78. The van der Waals surface area contributed by atoms with Gasteiger partial charge in [0.15, 0.2) is 0 Å². The maximum absolute atomic E-state index is 14.3. The molecule has 0 bridgehead atoms. The molecule has 0 aromatic heterocycles. The highest BCUT2D eigenvalue weighted by atomic mass is 19.1. The van der Waals surface area contributed by atoms with E-state index in [2.05, 4.69) is 37.9 Å². The van der Waals surface area contributed by atoms with Crippen molar-refractivity contribution in [3.63, 3.8) is 0 Å². The van der Waals surface area contributed by atoms with E-state index in [0.29, 0.717) is 11.3 Å². The van der Waals surface area contributed by atoms with Crippen molar-refractivity contribution in [1.29, 1.82) is 0 Å². The zero-order valence-corrected chi connectivity index (χ0v) is 13.9. The van der Waals surface area contributed by atoms with Crippen LogP contribution in [0.1, 0.15) is 46.1 Å². The number of halogens is 1. The highest BCUT2D eigenvalue weighted by Crippen LogP contribution is 2.34. The molecule has 0 saturated carbocycles. The van der Waals surface area contributed by atoms with E-state index in [1.165, 1.54) is 0 Å². The molecule has 1 saturated heterocycles. The van der Waals surface area contributed by atoms with Gasteiger partial charge in [-0.15, -0.1) is 0 Å². The second-order valence-corrected chi connectivity index (χ2v) is 7.42. The van der Waals surface area contributed by atoms with E-state index in [-0.39, 0.29) is 5.82 Å². The quantitative estimate of drug-likeness (QED) is 0.875. The first-order valence-electron chi connectivity index (χ1n) is 8.12. The van der Waals surface area contributed by atoms with E-state index < -0.39 is 0 Å². The molecule has 1 aromatic carbocycles. The van der Waals surface area contributed by atoms with Gasteiger partial charge in [0.1, 0.15) is 5.82 Å². The normalized spacial score (nSPS) is 18.3. The number of hydrogen-bond acceptors (Lipinski definition) is 2. The molecule has 0 unspecified atom stereocenters. The number of rotatable bonds is 5. The Kier molecular flexibility index (Phi) is 5.26. The molecule has 2 nitrogen and oxygen atoms in total. The van der Waals surface area contributed by atoms with Gasteiger partial charge in [-0.1, -0.05) is 39.8 Å². The van der Waals surface area contributed by atoms with Crippen LogP contribution in [0.3, 0.4) is 0 Å². The summed E-state index contributed by atoms with van der Waals surface area (Å²) in [6.07, 6.45) is 2.25. The molecule has 1 aromatic rings. The molecule has 21 heavy (non-hydrogen) atoms. The first kappa shape index (κ1) is 16.3. The second-order valence-electron chi connectivity index (χ2n) is 7.42. The molecule has 3 heteroatoms. The molecule has 1 heterocycles. The van der Waals surface area contributed by atoms with Crippen LogP contribution in [0.5, 0.6) is 0 Å². The summed E-state index contributed by atoms with van der Waals surface area (Å²) in [4.78, 5) is 2.23. The summed E-state index contributed by atoms with van der Waals surface area (Å²) in [5, 5.41) is 3.43. The van der Waals surface area contributed by atoms with Crippen molar-refractivity contribution in [2.45, 2.75) is 47.1 Å². The fourth-order valence-corrected chi connectivity index (χ4v) is 2.89. The molecule has 1 fully saturated rings. The Bertz CT molecular complexity index is 458. The van der Waals surface area contributed by atoms with E-state index in [4.69, 9.17) is 0 Å². The van der Waals surface area contributed by atoms with Gasteiger partial charge in [-0.3, -0.25) is 0 Å². The van der Waals surface area contributed by atoms with E-state index in [9.17, 15) is 4.39 Å². The fraction of sp³-hybridized carbons (Fsp3) is 0.667. The number of anilines is 1. The standard InChI is InChI=1S/C18H29FN2/c1-14(2)12-20-13-15-6-5-7-16(19)17(15)21-10-8-18(3,4)9-11-21/h5-7,14,20H,8-13H2,1-4H3. The number of benzene rings is 1. The van der Waals surface area contributed by atoms with Crippen molar-refractivity contribution in [2.24, 2.45) is 11.3 Å². The molecular weight excluding hydrogens is 263 g/mol. The van der Waals surface area contributed by atoms with Crippen LogP contribution in [0.25, 0.3) is 0 Å². The molecule has 118 valence electrons. The Hall–Kier alpha value is -1.09. The van der Waals surface area contributed by atoms with Gasteiger partial charge in [0, 0.05) is 19.6 Å². The Morgan fingerprint density at radius 3 is 2.52 bits per heavy atom. The van der Waals surface area contributed by atoms with Crippen molar-refractivity contribution in [3.05, 3.63) is 29.6 Å². The van der Waals surface area contributed by atoms with Gasteiger partial charge in [0.2, 0.25) is 0 Å². The van der Waals surface area contributed by atoms with Crippen LogP contribution < -0.4 is 10.2 Å². The minimum atomic E-state index is -0.0847. The van der Waals surface area contributed by atoms with Gasteiger partial charge in [0.05, 0.1) is 5.69 Å². The van der Waals surface area contributed by atoms with Gasteiger partial charge >= 0.3 is 0 Å². The number of hydrogen-bond donors (Lipinski definition) is 1. The SMILES string of the molecule is CC(C)CNCc1cccc(F)c1N1CCC(C)(C)CC1. The van der Waals surface area contributed by atoms with Crippen molar-refractivity contribution in [3.8, 4) is 0 Å². The van der Waals surface area contributed by atoms with E-state index in [1.807, 2.05) is 12.1 Å². The van der Waals surface area contributed by atoms with Crippen LogP contribution >= 0.6 is 0 Å². The number of piperidine rings is 1. The van der Waals surface area contributed by atoms with Gasteiger partial charge < -0.3 is 10.2 Å². The maximum Gasteiger partial charge on any atom is 0.146 e. The van der Waals surface area contributed by atoms with Crippen LogP contribution in [0.2, 0.25) is 0 Å². The minimum Gasteiger partial charge on any atom is -0.369 e. The smallest absolute Gasteiger partial charge is 0.146 e. The molecule has 1 N–H and O–H groups in total. The average Bonchev–Trinajstić information content (AvgIpc) is 2.39. The summed E-state index contributed by atoms with van der Waals surface area (Å²) in [7, 11) is 0. The van der Waals surface area contributed by atoms with Crippen molar-refractivity contribution in [1.82, 2.24) is 5.32 Å². The van der Waals surface area contributed by atoms with E-state index in [0.717, 1.165) is 50.3 Å². The molecule has 0 radical (unpaired) electrons. The zero-order chi connectivity index (χ0) is 15.5. The van der Waals surface area contributed by atoms with Crippen LogP contribution in [0.4, 0.5) is 10.1 Å². The Morgan fingerprint density at radius 2 is 1.90 bits per heavy atom. The largest absolute Gasteiger partial charge is 0.369 e. The topological polar surface area (TPSA) is 15.3 Å². The number of para-hydroxylation sites is 1. The lowest BCUT2D eigenvalue weighted by molar-refractivity contribution is 0.278. The summed E-state index contributed by atoms with van der Waals surface area (Å²) >= 11 is 0. The zero-order valence-electron chi connectivity index (χ0n) is 13.9. The Labute approximate surface area is 128 Å². The third-order valence-corrected chi connectivity index (χ3v) is 4.37. The van der Waals surface area contributed by atoms with Gasteiger partial charge in [-0.05, 0) is 42.3 Å². The highest BCUT2D eigenvalue weighted by Gasteiger charge is 2.27. The summed E-state index contributed by atoms with van der Waals surface area (Å²) < 4.78 is 14.3. The van der Waals surface area contributed by atoms with Crippen molar-refractivity contribution < 1.29 is 4.39 Å². The Morgan fingerprint density at radius 1 is 1.24 bits per heavy atom. The van der Waals surface area contributed by atoms with Gasteiger partial charge in [0.25, 0.3) is 0 Å². The number of nitrogens with one attached hydrogen (secondary N) is 1. The van der Waals surface area contributed by atoms with Crippen LogP contribution in [0.15, 0.2) is 18.2 Å². The summed E-state index contributed by atoms with van der Waals surface area (Å²) in [5.41, 5.74) is 2.28. The van der Waals surface area contributed by atoms with E-state index >= 15 is 0 Å².